The maximum absolute atomic E-state index is 2.28. The van der Waals surface area contributed by atoms with Crippen LogP contribution in [0, 0.1) is 3.57 Å². The topological polar surface area (TPSA) is 0 Å². The van der Waals surface area contributed by atoms with Crippen LogP contribution >= 0.6 is 45.2 Å². The van der Waals surface area contributed by atoms with Crippen LogP contribution in [0.2, 0.25) is 0 Å². The summed E-state index contributed by atoms with van der Waals surface area (Å²) < 4.78 is 1.29. The molecule has 0 aliphatic heterocycles. The Morgan fingerprint density at radius 3 is 1.67 bits per heavy atom. The van der Waals surface area contributed by atoms with E-state index >= 15 is 0 Å². The fourth-order valence-corrected chi connectivity index (χ4v) is 0.830. The fraction of sp³-hybridized carbons (Fsp3) is 0.143. The lowest BCUT2D eigenvalue weighted by Crippen LogP contribution is -1.61. The van der Waals surface area contributed by atoms with E-state index in [1.807, 2.05) is 23.1 Å². The molecule has 0 aliphatic carbocycles. The van der Waals surface area contributed by atoms with Gasteiger partial charge in [-0.1, -0.05) is 40.8 Å². The SMILES string of the molecule is CI.Ic1ccccc1. The molecule has 0 nitrogen and oxygen atoms in total. The van der Waals surface area contributed by atoms with E-state index in [-0.39, 0.29) is 0 Å². The van der Waals surface area contributed by atoms with Crippen LogP contribution in [0.25, 0.3) is 0 Å². The summed E-state index contributed by atoms with van der Waals surface area (Å²) in [6, 6.07) is 10.2. The summed E-state index contributed by atoms with van der Waals surface area (Å²) in [5.41, 5.74) is 0. The summed E-state index contributed by atoms with van der Waals surface area (Å²) in [7, 11) is 0. The summed E-state index contributed by atoms with van der Waals surface area (Å²) >= 11 is 4.43. The van der Waals surface area contributed by atoms with Crippen molar-refractivity contribution in [2.24, 2.45) is 0 Å². The lowest BCUT2D eigenvalue weighted by Gasteiger charge is -1.80. The molecule has 9 heavy (non-hydrogen) atoms. The highest BCUT2D eigenvalue weighted by atomic mass is 127. The van der Waals surface area contributed by atoms with E-state index in [1.165, 1.54) is 3.57 Å². The molecule has 0 bridgehead atoms. The Labute approximate surface area is 83.3 Å². The van der Waals surface area contributed by atoms with Gasteiger partial charge in [0.1, 0.15) is 0 Å². The van der Waals surface area contributed by atoms with E-state index in [0.29, 0.717) is 0 Å². The van der Waals surface area contributed by atoms with E-state index < -0.39 is 0 Å². The molecule has 0 amide bonds. The van der Waals surface area contributed by atoms with Crippen molar-refractivity contribution in [1.82, 2.24) is 0 Å². The number of rotatable bonds is 0. The first-order valence-electron chi connectivity index (χ1n) is 2.48. The first kappa shape index (κ1) is 9.68. The van der Waals surface area contributed by atoms with Gasteiger partial charge in [-0.3, -0.25) is 0 Å². The zero-order valence-corrected chi connectivity index (χ0v) is 9.46. The molecule has 0 unspecified atom stereocenters. The lowest BCUT2D eigenvalue weighted by molar-refractivity contribution is 1.65. The van der Waals surface area contributed by atoms with Gasteiger partial charge in [0.2, 0.25) is 0 Å². The Kier molecular flexibility index (Phi) is 7.31. The summed E-state index contributed by atoms with van der Waals surface area (Å²) in [5.74, 6) is 0. The first-order valence-corrected chi connectivity index (χ1v) is 5.71. The van der Waals surface area contributed by atoms with Crippen LogP contribution in [0.4, 0.5) is 0 Å². The zero-order chi connectivity index (χ0) is 7.11. The van der Waals surface area contributed by atoms with Gasteiger partial charge in [-0.15, -0.1) is 0 Å². The van der Waals surface area contributed by atoms with Gasteiger partial charge >= 0.3 is 0 Å². The highest BCUT2D eigenvalue weighted by molar-refractivity contribution is 14.1. The van der Waals surface area contributed by atoms with Crippen LogP contribution in [0.1, 0.15) is 0 Å². The average Bonchev–Trinajstić information content (AvgIpc) is 1.94. The van der Waals surface area contributed by atoms with Crippen molar-refractivity contribution in [2.45, 2.75) is 0 Å². The third-order valence-corrected chi connectivity index (χ3v) is 1.45. The second kappa shape index (κ2) is 6.80. The number of hydrogen-bond acceptors (Lipinski definition) is 0. The van der Waals surface area contributed by atoms with E-state index in [9.17, 15) is 0 Å². The van der Waals surface area contributed by atoms with E-state index in [2.05, 4.69) is 57.3 Å². The van der Waals surface area contributed by atoms with Crippen molar-refractivity contribution in [3.8, 4) is 0 Å². The summed E-state index contributed by atoms with van der Waals surface area (Å²) in [6.45, 7) is 0. The van der Waals surface area contributed by atoms with Gasteiger partial charge in [-0.25, -0.2) is 0 Å². The number of alkyl halides is 1. The quantitative estimate of drug-likeness (QED) is 0.499. The molecule has 0 radical (unpaired) electrons. The monoisotopic (exact) mass is 346 g/mol. The molecule has 0 aromatic heterocycles. The van der Waals surface area contributed by atoms with Crippen LogP contribution in [0.5, 0.6) is 0 Å². The van der Waals surface area contributed by atoms with E-state index in [4.69, 9.17) is 0 Å². The van der Waals surface area contributed by atoms with Crippen LogP contribution in [0.3, 0.4) is 0 Å². The minimum Gasteiger partial charge on any atom is -0.0901 e. The van der Waals surface area contributed by atoms with Crippen LogP contribution < -0.4 is 0 Å². The minimum absolute atomic E-state index is 1.29. The zero-order valence-electron chi connectivity index (χ0n) is 5.14. The van der Waals surface area contributed by atoms with Crippen molar-refractivity contribution < 1.29 is 0 Å². The van der Waals surface area contributed by atoms with E-state index in [1.54, 1.807) is 0 Å². The van der Waals surface area contributed by atoms with Gasteiger partial charge in [0.05, 0.1) is 0 Å². The van der Waals surface area contributed by atoms with Gasteiger partial charge in [-0.2, -0.15) is 0 Å². The normalized spacial score (nSPS) is 7.44. The maximum Gasteiger partial charge on any atom is 0.0130 e. The molecule has 0 aliphatic rings. The van der Waals surface area contributed by atoms with Crippen molar-refractivity contribution >= 4 is 45.2 Å². The molecule has 0 atom stereocenters. The summed E-state index contributed by atoms with van der Waals surface area (Å²) in [6.07, 6.45) is 0. The highest BCUT2D eigenvalue weighted by Gasteiger charge is 1.74. The average molecular weight is 346 g/mol. The second-order valence-corrected chi connectivity index (χ2v) is 2.54. The van der Waals surface area contributed by atoms with Crippen LogP contribution in [-0.2, 0) is 0 Å². The van der Waals surface area contributed by atoms with Crippen molar-refractivity contribution in [3.05, 3.63) is 33.9 Å². The van der Waals surface area contributed by atoms with Crippen molar-refractivity contribution in [1.29, 1.82) is 0 Å². The Bertz CT molecular complexity index is 137. The molecule has 1 aromatic rings. The van der Waals surface area contributed by atoms with Gasteiger partial charge < -0.3 is 0 Å². The predicted molar refractivity (Wildman–Crippen MR) is 59.1 cm³/mol. The molecule has 0 heterocycles. The Hall–Kier alpha value is 0.680. The Morgan fingerprint density at radius 1 is 1.00 bits per heavy atom. The fourth-order valence-electron chi connectivity index (χ4n) is 0.415. The molecule has 50 valence electrons. The lowest BCUT2D eigenvalue weighted by atomic mass is 10.4. The molecule has 2 heteroatoms. The maximum atomic E-state index is 2.28. The Balaban J connectivity index is 0.000000291. The molecule has 1 rings (SSSR count). The van der Waals surface area contributed by atoms with Crippen LogP contribution in [0.15, 0.2) is 30.3 Å². The molecule has 0 fully saturated rings. The summed E-state index contributed by atoms with van der Waals surface area (Å²) in [4.78, 5) is 1.97. The van der Waals surface area contributed by atoms with Crippen molar-refractivity contribution in [2.75, 3.05) is 4.93 Å². The molecule has 1 aromatic carbocycles. The second-order valence-electron chi connectivity index (χ2n) is 1.30. The molecule has 0 N–H and O–H groups in total. The molecular formula is C7H8I2. The minimum atomic E-state index is 1.29. The van der Waals surface area contributed by atoms with Gasteiger partial charge in [0.15, 0.2) is 0 Å². The molecular weight excluding hydrogens is 338 g/mol. The first-order chi connectivity index (χ1) is 4.39. The number of hydrogen-bond donors (Lipinski definition) is 0. The third kappa shape index (κ3) is 5.14. The largest absolute Gasteiger partial charge is 0.0901 e. The number of halogens is 2. The standard InChI is InChI=1S/C6H5I.CH3I/c7-6-4-2-1-3-5-6;1-2/h1-5H;1H3. The Morgan fingerprint density at radius 2 is 1.44 bits per heavy atom. The van der Waals surface area contributed by atoms with Gasteiger partial charge in [-0.05, 0) is 39.7 Å². The summed E-state index contributed by atoms with van der Waals surface area (Å²) in [5, 5.41) is 0. The molecule has 0 saturated carbocycles. The van der Waals surface area contributed by atoms with Crippen LogP contribution in [-0.4, -0.2) is 4.93 Å². The third-order valence-electron chi connectivity index (χ3n) is 0.733. The van der Waals surface area contributed by atoms with Gasteiger partial charge in [0.25, 0.3) is 0 Å². The van der Waals surface area contributed by atoms with Crippen molar-refractivity contribution in [3.63, 3.8) is 0 Å². The predicted octanol–water partition coefficient (Wildman–Crippen LogP) is 3.34. The number of benzene rings is 1. The molecule has 0 spiro atoms. The smallest absolute Gasteiger partial charge is 0.0130 e. The van der Waals surface area contributed by atoms with Gasteiger partial charge in [0, 0.05) is 3.57 Å². The molecule has 0 saturated heterocycles. The van der Waals surface area contributed by atoms with E-state index in [0.717, 1.165) is 0 Å². The highest BCUT2D eigenvalue weighted by Crippen LogP contribution is 1.99.